The SMILES string of the molecule is COC(=O)c1cc(NC(=O)[C@@H]2CCCN(C)C2)cc(C(=O)OC)c1. The standard InChI is InChI=1S/C17H22N2O5/c1-19-6-4-5-11(10-19)15(20)18-14-8-12(16(21)23-2)7-13(9-14)17(22)24-3/h7-9,11H,4-6,10H2,1-3H3,(H,18,20)/t11-/m1/s1. The topological polar surface area (TPSA) is 84.9 Å². The number of rotatable bonds is 4. The summed E-state index contributed by atoms with van der Waals surface area (Å²) in [6.45, 7) is 1.67. The van der Waals surface area contributed by atoms with Crippen molar-refractivity contribution in [2.75, 3.05) is 39.7 Å². The van der Waals surface area contributed by atoms with Crippen molar-refractivity contribution in [1.82, 2.24) is 4.90 Å². The molecule has 0 saturated carbocycles. The van der Waals surface area contributed by atoms with E-state index in [2.05, 4.69) is 19.7 Å². The summed E-state index contributed by atoms with van der Waals surface area (Å²) in [5, 5.41) is 2.79. The number of methoxy groups -OCH3 is 2. The summed E-state index contributed by atoms with van der Waals surface area (Å²) in [6.07, 6.45) is 1.78. The van der Waals surface area contributed by atoms with Crippen LogP contribution in [-0.2, 0) is 14.3 Å². The van der Waals surface area contributed by atoms with Crippen molar-refractivity contribution in [3.05, 3.63) is 29.3 Å². The van der Waals surface area contributed by atoms with Crippen LogP contribution in [0.2, 0.25) is 0 Å². The van der Waals surface area contributed by atoms with Gasteiger partial charge in [0.2, 0.25) is 5.91 Å². The molecule has 130 valence electrons. The lowest BCUT2D eigenvalue weighted by molar-refractivity contribution is -0.121. The number of likely N-dealkylation sites (tertiary alicyclic amines) is 1. The first kappa shape index (κ1) is 17.9. The predicted octanol–water partition coefficient (Wildman–Crippen LogP) is 1.54. The van der Waals surface area contributed by atoms with E-state index < -0.39 is 11.9 Å². The highest BCUT2D eigenvalue weighted by Crippen LogP contribution is 2.20. The molecule has 1 amide bonds. The fourth-order valence-electron chi connectivity index (χ4n) is 2.80. The summed E-state index contributed by atoms with van der Waals surface area (Å²) < 4.78 is 9.37. The molecule has 0 radical (unpaired) electrons. The van der Waals surface area contributed by atoms with Crippen LogP contribution < -0.4 is 5.32 Å². The second-order valence-corrected chi connectivity index (χ2v) is 5.87. The lowest BCUT2D eigenvalue weighted by atomic mass is 9.97. The Hall–Kier alpha value is -2.41. The van der Waals surface area contributed by atoms with Crippen molar-refractivity contribution < 1.29 is 23.9 Å². The zero-order chi connectivity index (χ0) is 17.7. The van der Waals surface area contributed by atoms with Gasteiger partial charge in [0, 0.05) is 12.2 Å². The number of anilines is 1. The van der Waals surface area contributed by atoms with Gasteiger partial charge in [0.05, 0.1) is 31.3 Å². The first-order valence-electron chi connectivity index (χ1n) is 7.75. The van der Waals surface area contributed by atoms with Crippen LogP contribution >= 0.6 is 0 Å². The third-order valence-electron chi connectivity index (χ3n) is 4.04. The molecule has 1 atom stereocenters. The normalized spacial score (nSPS) is 17.9. The van der Waals surface area contributed by atoms with E-state index in [1.54, 1.807) is 0 Å². The Morgan fingerprint density at radius 1 is 1.08 bits per heavy atom. The number of benzene rings is 1. The molecule has 1 aromatic rings. The van der Waals surface area contributed by atoms with Crippen molar-refractivity contribution in [2.45, 2.75) is 12.8 Å². The van der Waals surface area contributed by atoms with Gasteiger partial charge in [-0.2, -0.15) is 0 Å². The van der Waals surface area contributed by atoms with Gasteiger partial charge >= 0.3 is 11.9 Å². The van der Waals surface area contributed by atoms with Crippen molar-refractivity contribution in [2.24, 2.45) is 5.92 Å². The molecule has 0 aliphatic carbocycles. The van der Waals surface area contributed by atoms with Crippen molar-refractivity contribution in [3.63, 3.8) is 0 Å². The minimum absolute atomic E-state index is 0.118. The number of carbonyl (C=O) groups is 3. The van der Waals surface area contributed by atoms with Crippen molar-refractivity contribution in [3.8, 4) is 0 Å². The number of hydrogen-bond donors (Lipinski definition) is 1. The molecule has 24 heavy (non-hydrogen) atoms. The third-order valence-corrected chi connectivity index (χ3v) is 4.04. The lowest BCUT2D eigenvalue weighted by Gasteiger charge is -2.28. The zero-order valence-corrected chi connectivity index (χ0v) is 14.1. The molecule has 0 bridgehead atoms. The van der Waals surface area contributed by atoms with E-state index in [-0.39, 0.29) is 23.0 Å². The van der Waals surface area contributed by atoms with Gasteiger partial charge < -0.3 is 19.7 Å². The number of nitrogens with one attached hydrogen (secondary N) is 1. The third kappa shape index (κ3) is 4.32. The molecule has 2 rings (SSSR count). The Bertz CT molecular complexity index is 610. The van der Waals surface area contributed by atoms with Crippen LogP contribution in [-0.4, -0.2) is 57.1 Å². The Morgan fingerprint density at radius 3 is 2.17 bits per heavy atom. The summed E-state index contributed by atoms with van der Waals surface area (Å²) in [7, 11) is 4.49. The van der Waals surface area contributed by atoms with Crippen LogP contribution in [0.1, 0.15) is 33.6 Å². The van der Waals surface area contributed by atoms with E-state index in [9.17, 15) is 14.4 Å². The Morgan fingerprint density at radius 2 is 1.67 bits per heavy atom. The van der Waals surface area contributed by atoms with Gasteiger partial charge in [-0.15, -0.1) is 0 Å². The van der Waals surface area contributed by atoms with E-state index in [0.29, 0.717) is 12.2 Å². The van der Waals surface area contributed by atoms with E-state index >= 15 is 0 Å². The monoisotopic (exact) mass is 334 g/mol. The molecule has 1 N–H and O–H groups in total. The van der Waals surface area contributed by atoms with Crippen LogP contribution in [0, 0.1) is 5.92 Å². The molecule has 1 aliphatic heterocycles. The van der Waals surface area contributed by atoms with Gasteiger partial charge in [-0.1, -0.05) is 0 Å². The van der Waals surface area contributed by atoms with Gasteiger partial charge in [0.25, 0.3) is 0 Å². The highest BCUT2D eigenvalue weighted by Gasteiger charge is 2.24. The molecule has 7 nitrogen and oxygen atoms in total. The maximum Gasteiger partial charge on any atom is 0.337 e. The van der Waals surface area contributed by atoms with E-state index in [1.165, 1.54) is 32.4 Å². The maximum absolute atomic E-state index is 12.4. The molecule has 1 heterocycles. The van der Waals surface area contributed by atoms with E-state index in [1.807, 2.05) is 7.05 Å². The molecule has 1 fully saturated rings. The zero-order valence-electron chi connectivity index (χ0n) is 14.1. The van der Waals surface area contributed by atoms with Gasteiger partial charge in [-0.25, -0.2) is 9.59 Å². The summed E-state index contributed by atoms with van der Waals surface area (Å²) in [6, 6.07) is 4.35. The number of esters is 2. The highest BCUT2D eigenvalue weighted by molar-refractivity contribution is 6.00. The Kier molecular flexibility index (Phi) is 5.92. The summed E-state index contributed by atoms with van der Waals surface area (Å²) >= 11 is 0. The average Bonchev–Trinajstić information content (AvgIpc) is 2.59. The number of amides is 1. The largest absolute Gasteiger partial charge is 0.465 e. The molecular weight excluding hydrogens is 312 g/mol. The number of hydrogen-bond acceptors (Lipinski definition) is 6. The predicted molar refractivity (Wildman–Crippen MR) is 88.0 cm³/mol. The van der Waals surface area contributed by atoms with Crippen LogP contribution in [0.5, 0.6) is 0 Å². The van der Waals surface area contributed by atoms with Crippen LogP contribution in [0.4, 0.5) is 5.69 Å². The van der Waals surface area contributed by atoms with Crippen molar-refractivity contribution >= 4 is 23.5 Å². The van der Waals surface area contributed by atoms with Crippen LogP contribution in [0.3, 0.4) is 0 Å². The Balaban J connectivity index is 2.23. The van der Waals surface area contributed by atoms with Gasteiger partial charge in [-0.3, -0.25) is 4.79 Å². The summed E-state index contributed by atoms with van der Waals surface area (Å²) in [5.74, 6) is -1.42. The maximum atomic E-state index is 12.4. The number of nitrogens with zero attached hydrogens (tertiary/aromatic N) is 1. The number of piperidine rings is 1. The highest BCUT2D eigenvalue weighted by atomic mass is 16.5. The molecule has 0 spiro atoms. The average molecular weight is 334 g/mol. The molecule has 1 aromatic carbocycles. The fraction of sp³-hybridized carbons (Fsp3) is 0.471. The summed E-state index contributed by atoms with van der Waals surface area (Å²) in [5.41, 5.74) is 0.726. The summed E-state index contributed by atoms with van der Waals surface area (Å²) in [4.78, 5) is 38.1. The minimum Gasteiger partial charge on any atom is -0.465 e. The van der Waals surface area contributed by atoms with Crippen LogP contribution in [0.15, 0.2) is 18.2 Å². The molecule has 1 saturated heterocycles. The number of carbonyl (C=O) groups excluding carboxylic acids is 3. The molecule has 1 aliphatic rings. The first-order valence-corrected chi connectivity index (χ1v) is 7.75. The van der Waals surface area contributed by atoms with Gasteiger partial charge in [0.15, 0.2) is 0 Å². The second-order valence-electron chi connectivity index (χ2n) is 5.87. The van der Waals surface area contributed by atoms with Gasteiger partial charge in [0.1, 0.15) is 0 Å². The van der Waals surface area contributed by atoms with Crippen molar-refractivity contribution in [1.29, 1.82) is 0 Å². The lowest BCUT2D eigenvalue weighted by Crippen LogP contribution is -2.38. The van der Waals surface area contributed by atoms with E-state index in [0.717, 1.165) is 19.4 Å². The molecule has 0 unspecified atom stereocenters. The minimum atomic E-state index is -0.589. The van der Waals surface area contributed by atoms with E-state index in [4.69, 9.17) is 0 Å². The molecular formula is C17H22N2O5. The van der Waals surface area contributed by atoms with Gasteiger partial charge in [-0.05, 0) is 44.6 Å². The fourth-order valence-corrected chi connectivity index (χ4v) is 2.80. The number of ether oxygens (including phenoxy) is 2. The Labute approximate surface area is 140 Å². The second kappa shape index (κ2) is 7.92. The quantitative estimate of drug-likeness (QED) is 0.841. The first-order chi connectivity index (χ1) is 11.4. The molecule has 0 aromatic heterocycles. The molecule has 7 heteroatoms. The smallest absolute Gasteiger partial charge is 0.337 e. The van der Waals surface area contributed by atoms with Crippen LogP contribution in [0.25, 0.3) is 0 Å².